The van der Waals surface area contributed by atoms with Crippen molar-refractivity contribution in [2.45, 2.75) is 57.1 Å². The molecule has 3 heterocycles. The van der Waals surface area contributed by atoms with Crippen LogP contribution in [0.5, 0.6) is 0 Å². The van der Waals surface area contributed by atoms with E-state index in [9.17, 15) is 94.6 Å². The van der Waals surface area contributed by atoms with E-state index >= 15 is 0 Å². The quantitative estimate of drug-likeness (QED) is 0.0295. The number of nitrogens with two attached hydrogens (primary N) is 1. The number of rotatable bonds is 13. The molecule has 18 nitrogen and oxygen atoms in total. The summed E-state index contributed by atoms with van der Waals surface area (Å²) in [6, 6.07) is 22.4. The number of Topliss-reactive ketones (excluding diaryl/α,β-unsaturated/α-hetero) is 3. The van der Waals surface area contributed by atoms with Crippen LogP contribution >= 0.6 is 11.6 Å². The molecule has 3 aliphatic carbocycles. The summed E-state index contributed by atoms with van der Waals surface area (Å²) in [5, 5.41) is 19.2. The Hall–Kier alpha value is -11.8. The molecule has 12 rings (SSSR count). The first-order valence-corrected chi connectivity index (χ1v) is 30.4. The third-order valence-corrected chi connectivity index (χ3v) is 15.7. The zero-order chi connectivity index (χ0) is 75.2. The highest BCUT2D eigenvalue weighted by Gasteiger charge is 2.38. The summed E-state index contributed by atoms with van der Waals surface area (Å²) in [4.78, 5) is 81.1. The van der Waals surface area contributed by atoms with Gasteiger partial charge in [0.05, 0.1) is 67.5 Å². The number of alkyl halides is 9. The molecule has 6 aromatic carbocycles. The number of amides is 3. The second-order valence-corrected chi connectivity index (χ2v) is 23.1. The normalized spacial score (nSPS) is 12.8. The minimum Gasteiger partial charge on any atom is -0.399 e. The molecule has 0 atom stereocenters. The van der Waals surface area contributed by atoms with Gasteiger partial charge in [0.1, 0.15) is 34.1 Å². The fourth-order valence-corrected chi connectivity index (χ4v) is 10.8. The van der Waals surface area contributed by atoms with Crippen LogP contribution in [0.15, 0.2) is 128 Å². The predicted octanol–water partition coefficient (Wildman–Crippen LogP) is 14.9. The number of nitrogens with one attached hydrogen (secondary N) is 8. The van der Waals surface area contributed by atoms with E-state index < -0.39 is 105 Å². The topological polar surface area (TPSA) is 263 Å². The monoisotopic (exact) mass is 1460 g/mol. The van der Waals surface area contributed by atoms with Gasteiger partial charge in [0.25, 0.3) is 17.7 Å². The number of anilines is 11. The molecule has 103 heavy (non-hydrogen) atoms. The molecule has 0 saturated carbocycles. The number of hydrogen-bond acceptors (Lipinski definition) is 15. The van der Waals surface area contributed by atoms with E-state index in [2.05, 4.69) is 57.5 Å². The molecule has 0 bridgehead atoms. The summed E-state index contributed by atoms with van der Waals surface area (Å²) in [6.07, 6.45) is -10.4. The Labute approximate surface area is 578 Å². The summed E-state index contributed by atoms with van der Waals surface area (Å²) in [5.41, 5.74) is 5.60. The van der Waals surface area contributed by atoms with E-state index in [1.807, 2.05) is 18.2 Å². The first-order valence-electron chi connectivity index (χ1n) is 30.0. The van der Waals surface area contributed by atoms with Crippen molar-refractivity contribution in [1.82, 2.24) is 30.9 Å². The highest BCUT2D eigenvalue weighted by molar-refractivity contribution is 6.29. The number of nitrogen functional groups attached to an aromatic ring is 1. The van der Waals surface area contributed by atoms with Crippen LogP contribution < -0.4 is 48.3 Å². The second kappa shape index (κ2) is 31.0. The number of ketones is 3. The van der Waals surface area contributed by atoms with Crippen molar-refractivity contribution in [2.24, 2.45) is 0 Å². The standard InChI is InChI=1S/2C23H17F5N4O2.C14H9ClF5N3O.C9H9NO/c2*1-29-22(34)15-7-17(24)18(25)8-19(15)32-20-9-21(30-10-16(20)23(26,27)28)31-13-3-2-11-5-14(33)6-12(11)4-13;1-21-13(24)6-2-8(16)9(17)3-10(6)23-11-4-12(15)22-5-7(11)14(18,19)20;10-8-2-1-6-4-9(11)5-7(6)3-8/h2*2-4,7-10H,5-6H2,1H3,(H,29,34)(H2,30,31,32);2-5H,1H3,(H,21,24)(H,22,23);1-3H,4-5,10H2. The summed E-state index contributed by atoms with van der Waals surface area (Å²) in [6.45, 7) is 0. The smallest absolute Gasteiger partial charge is 0.399 e. The zero-order valence-corrected chi connectivity index (χ0v) is 54.0. The number of fused-ring (bicyclic) bond motifs is 3. The van der Waals surface area contributed by atoms with Gasteiger partial charge >= 0.3 is 18.5 Å². The molecule has 3 amide bonds. The molecule has 536 valence electrons. The van der Waals surface area contributed by atoms with Crippen molar-refractivity contribution >= 4 is 109 Å². The Morgan fingerprint density at radius 3 is 0.990 bits per heavy atom. The third kappa shape index (κ3) is 18.6. The van der Waals surface area contributed by atoms with Gasteiger partial charge in [-0.25, -0.2) is 41.3 Å². The van der Waals surface area contributed by atoms with Crippen LogP contribution in [0.3, 0.4) is 0 Å². The highest BCUT2D eigenvalue weighted by Crippen LogP contribution is 2.42. The van der Waals surface area contributed by atoms with Crippen LogP contribution in [0.1, 0.15) is 81.1 Å². The van der Waals surface area contributed by atoms with Gasteiger partial charge in [0, 0.05) is 126 Å². The average molecular weight is 1470 g/mol. The highest BCUT2D eigenvalue weighted by atomic mass is 35.5. The number of benzene rings is 6. The molecular formula is C69H52ClF15N12O6. The number of aromatic nitrogens is 3. The van der Waals surface area contributed by atoms with E-state index in [4.69, 9.17) is 17.3 Å². The fraction of sp³-hybridized carbons (Fsp3) is 0.174. The maximum Gasteiger partial charge on any atom is 0.419 e. The fourth-order valence-electron chi connectivity index (χ4n) is 10.6. The lowest BCUT2D eigenvalue weighted by molar-refractivity contribution is -0.138. The summed E-state index contributed by atoms with van der Waals surface area (Å²) >= 11 is 5.59. The Morgan fingerprint density at radius 2 is 0.660 bits per heavy atom. The van der Waals surface area contributed by atoms with Gasteiger partial charge in [0.15, 0.2) is 34.9 Å². The largest absolute Gasteiger partial charge is 0.419 e. The van der Waals surface area contributed by atoms with Gasteiger partial charge < -0.3 is 48.3 Å². The Kier molecular flexibility index (Phi) is 22.7. The first kappa shape index (κ1) is 75.4. The van der Waals surface area contributed by atoms with Crippen molar-refractivity contribution in [2.75, 3.05) is 53.5 Å². The van der Waals surface area contributed by atoms with Crippen LogP contribution in [0.4, 0.5) is 129 Å². The Balaban J connectivity index is 0.000000169. The summed E-state index contributed by atoms with van der Waals surface area (Å²) < 4.78 is 203. The number of nitrogens with zero attached hydrogens (tertiary/aromatic N) is 3. The van der Waals surface area contributed by atoms with Crippen LogP contribution in [0.2, 0.25) is 5.15 Å². The third-order valence-electron chi connectivity index (χ3n) is 15.5. The maximum atomic E-state index is 13.8. The maximum absolute atomic E-state index is 13.8. The molecule has 0 radical (unpaired) electrons. The van der Waals surface area contributed by atoms with E-state index in [1.54, 1.807) is 36.4 Å². The van der Waals surface area contributed by atoms with E-state index in [-0.39, 0.29) is 74.9 Å². The molecule has 0 unspecified atom stereocenters. The number of hydrogen-bond donors (Lipinski definition) is 9. The summed E-state index contributed by atoms with van der Waals surface area (Å²) in [7, 11) is 3.72. The van der Waals surface area contributed by atoms with E-state index in [1.165, 1.54) is 21.1 Å². The van der Waals surface area contributed by atoms with Crippen molar-refractivity contribution in [3.8, 4) is 0 Å². The molecule has 0 spiro atoms. The second-order valence-electron chi connectivity index (χ2n) is 22.7. The first-order chi connectivity index (χ1) is 48.5. The van der Waals surface area contributed by atoms with Crippen molar-refractivity contribution in [1.29, 1.82) is 0 Å². The van der Waals surface area contributed by atoms with E-state index in [0.29, 0.717) is 97.8 Å². The Morgan fingerprint density at radius 1 is 0.369 bits per heavy atom. The van der Waals surface area contributed by atoms with Gasteiger partial charge in [-0.1, -0.05) is 29.8 Å². The number of pyridine rings is 3. The molecule has 3 aromatic heterocycles. The van der Waals surface area contributed by atoms with Gasteiger partial charge in [-0.2, -0.15) is 39.5 Å². The van der Waals surface area contributed by atoms with Gasteiger partial charge in [-0.3, -0.25) is 28.8 Å². The average Bonchev–Trinajstić information content (AvgIpc) is 1.77. The lowest BCUT2D eigenvalue weighted by Gasteiger charge is -2.18. The molecule has 0 aliphatic heterocycles. The molecule has 10 N–H and O–H groups in total. The van der Waals surface area contributed by atoms with Crippen molar-refractivity contribution < 1.29 is 94.6 Å². The number of halogens is 16. The zero-order valence-electron chi connectivity index (χ0n) is 53.3. The summed E-state index contributed by atoms with van der Waals surface area (Å²) in [5.74, 6) is -9.97. The van der Waals surface area contributed by atoms with Gasteiger partial charge in [0.2, 0.25) is 0 Å². The molecule has 34 heteroatoms. The minimum absolute atomic E-state index is 0.0175. The minimum atomic E-state index is -4.83. The van der Waals surface area contributed by atoms with Gasteiger partial charge in [-0.15, -0.1) is 0 Å². The molecule has 0 saturated heterocycles. The molecule has 9 aromatic rings. The van der Waals surface area contributed by atoms with Gasteiger partial charge in [-0.05, 0) is 94.0 Å². The van der Waals surface area contributed by atoms with Crippen LogP contribution in [0, 0.1) is 34.9 Å². The number of carbonyl (C=O) groups is 6. The van der Waals surface area contributed by atoms with Crippen LogP contribution in [-0.2, 0) is 71.4 Å². The van der Waals surface area contributed by atoms with Crippen LogP contribution in [0.25, 0.3) is 0 Å². The lowest BCUT2D eigenvalue weighted by atomic mass is 10.1. The molecule has 3 aliphatic rings. The van der Waals surface area contributed by atoms with Crippen molar-refractivity contribution in [3.05, 3.63) is 235 Å². The molecule has 0 fully saturated rings. The van der Waals surface area contributed by atoms with Crippen molar-refractivity contribution in [3.63, 3.8) is 0 Å². The number of carbonyl (C=O) groups excluding carboxylic acids is 6. The van der Waals surface area contributed by atoms with Crippen LogP contribution in [-0.4, -0.2) is 71.2 Å². The van der Waals surface area contributed by atoms with E-state index in [0.717, 1.165) is 57.3 Å². The SMILES string of the molecule is CNC(=O)c1cc(F)c(F)cc1Nc1cc(Cl)ncc1C(F)(F)F.CNC(=O)c1cc(F)c(F)cc1Nc1cc(Nc2ccc3c(c2)CC(=O)C3)ncc1C(F)(F)F.CNC(=O)c1cc(F)c(F)cc1Nc1cc(Nc2ccc3c(c2)CC(=O)C3)ncc1C(F)(F)F.Nc1ccc2c(c1)CC(=O)C2. The molecular weight excluding hydrogens is 1410 g/mol. The predicted molar refractivity (Wildman–Crippen MR) is 349 cm³/mol. The Bertz CT molecular complexity index is 4660. The lowest BCUT2D eigenvalue weighted by Crippen LogP contribution is -2.20.